The van der Waals surface area contributed by atoms with Crippen LogP contribution in [0.5, 0.6) is 0 Å². The van der Waals surface area contributed by atoms with Crippen LogP contribution in [0.2, 0.25) is 5.02 Å². The van der Waals surface area contributed by atoms with Gasteiger partial charge in [-0.15, -0.1) is 0 Å². The Balaban J connectivity index is 1.26. The number of halogens is 3. The van der Waals surface area contributed by atoms with Crippen molar-refractivity contribution >= 4 is 35.7 Å². The smallest absolute Gasteiger partial charge is 0.415 e. The third kappa shape index (κ3) is 3.95. The number of amides is 1. The zero-order chi connectivity index (χ0) is 26.4. The number of benzene rings is 3. The quantitative estimate of drug-likeness (QED) is 0.191. The normalized spacial score (nSPS) is 15.1. The highest BCUT2D eigenvalue weighted by Crippen LogP contribution is 2.49. The highest BCUT2D eigenvalue weighted by molar-refractivity contribution is 7.99. The van der Waals surface area contributed by atoms with Crippen LogP contribution in [0.3, 0.4) is 0 Å². The lowest BCUT2D eigenvalue weighted by atomic mass is 9.98. The van der Waals surface area contributed by atoms with Gasteiger partial charge in [-0.25, -0.2) is 9.69 Å². The summed E-state index contributed by atoms with van der Waals surface area (Å²) >= 11 is 7.47. The van der Waals surface area contributed by atoms with Crippen molar-refractivity contribution in [2.24, 2.45) is 0 Å². The topological polar surface area (TPSA) is 59.5 Å². The van der Waals surface area contributed by atoms with Crippen LogP contribution < -0.4 is 0 Å². The molecule has 0 N–H and O–H groups in total. The molecule has 38 heavy (non-hydrogen) atoms. The summed E-state index contributed by atoms with van der Waals surface area (Å²) in [5.41, 5.74) is 4.32. The molecule has 0 saturated carbocycles. The third-order valence-electron chi connectivity index (χ3n) is 6.90. The Bertz CT molecular complexity index is 1550. The fourth-order valence-corrected chi connectivity index (χ4v) is 6.41. The molecule has 0 bridgehead atoms. The molecule has 3 aromatic carbocycles. The molecule has 5 nitrogen and oxygen atoms in total. The van der Waals surface area contributed by atoms with Crippen molar-refractivity contribution in [1.82, 2.24) is 9.88 Å². The lowest BCUT2D eigenvalue weighted by Crippen LogP contribution is -2.39. The Morgan fingerprint density at radius 1 is 1.08 bits per heavy atom. The fraction of sp³-hybridized carbons (Fsp3) is 0.138. The molecular formula is C29H19ClF2N2O3S. The average Bonchev–Trinajstić information content (AvgIpc) is 3.40. The Kier molecular flexibility index (Phi) is 6.16. The first-order valence-corrected chi connectivity index (χ1v) is 13.0. The van der Waals surface area contributed by atoms with Crippen LogP contribution in [0.1, 0.15) is 38.5 Å². The van der Waals surface area contributed by atoms with E-state index in [4.69, 9.17) is 16.3 Å². The summed E-state index contributed by atoms with van der Waals surface area (Å²) in [6.07, 6.45) is 2.49. The molecule has 190 valence electrons. The number of nitrogens with zero attached hydrogens (tertiary/aromatic N) is 2. The first kappa shape index (κ1) is 24.6. The molecule has 2 aliphatic rings. The van der Waals surface area contributed by atoms with Crippen LogP contribution in [0.25, 0.3) is 11.1 Å². The molecular weight excluding hydrogens is 530 g/mol. The van der Waals surface area contributed by atoms with E-state index in [0.29, 0.717) is 26.5 Å². The van der Waals surface area contributed by atoms with Crippen molar-refractivity contribution in [2.45, 2.75) is 28.3 Å². The second-order valence-electron chi connectivity index (χ2n) is 8.97. The molecule has 6 rings (SSSR count). The van der Waals surface area contributed by atoms with E-state index in [-0.39, 0.29) is 28.7 Å². The molecule has 9 heteroatoms. The molecule has 2 heterocycles. The number of pyridine rings is 1. The van der Waals surface area contributed by atoms with Crippen molar-refractivity contribution in [3.8, 4) is 11.1 Å². The summed E-state index contributed by atoms with van der Waals surface area (Å²) in [4.78, 5) is 29.8. The van der Waals surface area contributed by atoms with Crippen LogP contribution in [-0.2, 0) is 17.3 Å². The van der Waals surface area contributed by atoms with E-state index in [1.807, 2.05) is 48.5 Å². The van der Waals surface area contributed by atoms with Crippen molar-refractivity contribution in [3.63, 3.8) is 0 Å². The number of aromatic nitrogens is 1. The van der Waals surface area contributed by atoms with Crippen LogP contribution >= 0.6 is 23.4 Å². The van der Waals surface area contributed by atoms with Gasteiger partial charge in [-0.05, 0) is 46.0 Å². The second kappa shape index (κ2) is 9.53. The summed E-state index contributed by atoms with van der Waals surface area (Å²) in [5.74, 6) is -0.252. The average molecular weight is 549 g/mol. The number of hydrogen-bond donors (Lipinski definition) is 0. The number of hydrogen-bond acceptors (Lipinski definition) is 5. The summed E-state index contributed by atoms with van der Waals surface area (Å²) in [6, 6.07) is 16.2. The van der Waals surface area contributed by atoms with E-state index >= 15 is 8.78 Å². The van der Waals surface area contributed by atoms with Crippen molar-refractivity contribution in [1.29, 1.82) is 0 Å². The van der Waals surface area contributed by atoms with Crippen molar-refractivity contribution in [3.05, 3.63) is 112 Å². The monoisotopic (exact) mass is 548 g/mol. The van der Waals surface area contributed by atoms with Crippen LogP contribution in [0.4, 0.5) is 13.6 Å². The maximum Gasteiger partial charge on any atom is 0.415 e. The van der Waals surface area contributed by atoms with Crippen molar-refractivity contribution in [2.75, 3.05) is 6.61 Å². The summed E-state index contributed by atoms with van der Waals surface area (Å²) in [6.45, 7) is -0.463. The summed E-state index contributed by atoms with van der Waals surface area (Å²) < 4.78 is 36.6. The highest BCUT2D eigenvalue weighted by atomic mass is 35.5. The molecule has 1 amide bonds. The molecule has 0 atom stereocenters. The number of carbonyl (C=O) groups excluding carboxylic acids is 2. The Morgan fingerprint density at radius 2 is 1.76 bits per heavy atom. The maximum absolute atomic E-state index is 15.5. The standard InChI is InChI=1S/C29H19ClF2N2O3S/c30-25-10-9-24-22(27(25)38-26-13-33-12-11-17(26)15-35)14-34(29(24,31)32)28(36)37-16-23-20-7-3-1-5-18(20)19-6-2-4-8-21(19)23/h1-13,15,23H,14,16H2. The lowest BCUT2D eigenvalue weighted by molar-refractivity contribution is -0.130. The molecule has 1 aliphatic heterocycles. The van der Waals surface area contributed by atoms with Gasteiger partial charge in [-0.1, -0.05) is 71.9 Å². The molecule has 1 aromatic heterocycles. The summed E-state index contributed by atoms with van der Waals surface area (Å²) in [5, 5.41) is 0.236. The maximum atomic E-state index is 15.5. The second-order valence-corrected chi connectivity index (χ2v) is 10.4. The molecule has 0 unspecified atom stereocenters. The number of alkyl halides is 2. The first-order valence-electron chi connectivity index (χ1n) is 11.8. The fourth-order valence-electron chi connectivity index (χ4n) is 5.09. The molecule has 0 radical (unpaired) electrons. The Labute approximate surface area is 226 Å². The minimum atomic E-state index is -3.60. The van der Waals surface area contributed by atoms with Gasteiger partial charge >= 0.3 is 12.1 Å². The van der Waals surface area contributed by atoms with Gasteiger partial charge < -0.3 is 4.74 Å². The Hall–Kier alpha value is -3.75. The van der Waals surface area contributed by atoms with Gasteiger partial charge in [-0.2, -0.15) is 8.78 Å². The van der Waals surface area contributed by atoms with E-state index in [1.165, 1.54) is 30.6 Å². The minimum Gasteiger partial charge on any atom is -0.448 e. The molecule has 1 aliphatic carbocycles. The van der Waals surface area contributed by atoms with Gasteiger partial charge in [0.2, 0.25) is 0 Å². The summed E-state index contributed by atoms with van der Waals surface area (Å²) in [7, 11) is 0. The molecule has 0 spiro atoms. The first-order chi connectivity index (χ1) is 18.4. The minimum absolute atomic E-state index is 0.0729. The van der Waals surface area contributed by atoms with E-state index in [9.17, 15) is 9.59 Å². The number of aldehydes is 1. The van der Waals surface area contributed by atoms with Gasteiger partial charge in [0.1, 0.15) is 6.61 Å². The molecule has 0 saturated heterocycles. The van der Waals surface area contributed by atoms with Gasteiger partial charge in [0.05, 0.1) is 11.6 Å². The largest absolute Gasteiger partial charge is 0.448 e. The van der Waals surface area contributed by atoms with E-state index in [1.54, 1.807) is 0 Å². The van der Waals surface area contributed by atoms with Crippen molar-refractivity contribution < 1.29 is 23.1 Å². The zero-order valence-electron chi connectivity index (χ0n) is 19.7. The SMILES string of the molecule is O=Cc1ccncc1Sc1c(Cl)ccc2c1CN(C(=O)OCC1c3ccccc3-c3ccccc31)C2(F)F. The van der Waals surface area contributed by atoms with Crippen LogP contribution in [0.15, 0.2) is 88.9 Å². The van der Waals surface area contributed by atoms with E-state index in [2.05, 4.69) is 4.98 Å². The lowest BCUT2D eigenvalue weighted by Gasteiger charge is -2.24. The number of fused-ring (bicyclic) bond motifs is 4. The van der Waals surface area contributed by atoms with Gasteiger partial charge in [-0.3, -0.25) is 9.78 Å². The predicted molar refractivity (Wildman–Crippen MR) is 140 cm³/mol. The zero-order valence-corrected chi connectivity index (χ0v) is 21.3. The third-order valence-corrected chi connectivity index (χ3v) is 8.56. The number of carbonyl (C=O) groups is 2. The highest BCUT2D eigenvalue weighted by Gasteiger charge is 2.51. The van der Waals surface area contributed by atoms with Gasteiger partial charge in [0.25, 0.3) is 0 Å². The van der Waals surface area contributed by atoms with E-state index < -0.39 is 18.7 Å². The predicted octanol–water partition coefficient (Wildman–Crippen LogP) is 7.51. The Morgan fingerprint density at radius 3 is 2.45 bits per heavy atom. The van der Waals surface area contributed by atoms with E-state index in [0.717, 1.165) is 34.0 Å². The molecule has 0 fully saturated rings. The number of ether oxygens (including phenoxy) is 1. The molecule has 4 aromatic rings. The van der Waals surface area contributed by atoms with Crippen LogP contribution in [-0.4, -0.2) is 28.9 Å². The van der Waals surface area contributed by atoms with Gasteiger partial charge in [0.15, 0.2) is 6.29 Å². The van der Waals surface area contributed by atoms with Gasteiger partial charge in [0, 0.05) is 39.2 Å². The number of rotatable bonds is 5. The van der Waals surface area contributed by atoms with Crippen LogP contribution in [0, 0.1) is 0 Å².